The van der Waals surface area contributed by atoms with E-state index in [9.17, 15) is 13.6 Å². The summed E-state index contributed by atoms with van der Waals surface area (Å²) < 4.78 is 34.9. The van der Waals surface area contributed by atoms with Crippen molar-refractivity contribution in [2.45, 2.75) is 20.4 Å². The molecule has 0 spiro atoms. The lowest BCUT2D eigenvalue weighted by Crippen LogP contribution is -2.34. The molecule has 0 bridgehead atoms. The molecule has 0 saturated heterocycles. The zero-order chi connectivity index (χ0) is 19.8. The zero-order valence-electron chi connectivity index (χ0n) is 15.1. The second kappa shape index (κ2) is 7.16. The SMILES string of the molecule is Cc1cc(C)n(CCN(C(=O)c2ccco2)c2nc3c(F)cc(F)cc3s2)n1. The summed E-state index contributed by atoms with van der Waals surface area (Å²) in [5.41, 5.74) is 1.86. The number of rotatable bonds is 5. The molecular formula is C19H16F2N4O2S. The molecule has 0 N–H and O–H groups in total. The predicted octanol–water partition coefficient (Wildman–Crippen LogP) is 4.33. The van der Waals surface area contributed by atoms with Gasteiger partial charge in [0, 0.05) is 18.3 Å². The van der Waals surface area contributed by atoms with E-state index in [2.05, 4.69) is 10.1 Å². The summed E-state index contributed by atoms with van der Waals surface area (Å²) in [6.45, 7) is 4.47. The number of fused-ring (bicyclic) bond motifs is 1. The Morgan fingerprint density at radius 1 is 1.29 bits per heavy atom. The van der Waals surface area contributed by atoms with E-state index in [0.29, 0.717) is 11.2 Å². The maximum atomic E-state index is 14.1. The van der Waals surface area contributed by atoms with Gasteiger partial charge < -0.3 is 4.42 Å². The van der Waals surface area contributed by atoms with Crippen molar-refractivity contribution < 1.29 is 18.0 Å². The lowest BCUT2D eigenvalue weighted by Gasteiger charge is -2.19. The van der Waals surface area contributed by atoms with Crippen molar-refractivity contribution in [2.24, 2.45) is 0 Å². The van der Waals surface area contributed by atoms with Crippen LogP contribution in [-0.4, -0.2) is 27.2 Å². The Kier molecular flexibility index (Phi) is 4.68. The third kappa shape index (κ3) is 3.40. The first kappa shape index (κ1) is 18.3. The number of furan rings is 1. The predicted molar refractivity (Wildman–Crippen MR) is 102 cm³/mol. The van der Waals surface area contributed by atoms with Crippen molar-refractivity contribution in [2.75, 3.05) is 11.4 Å². The maximum Gasteiger partial charge on any atom is 0.295 e. The fraction of sp³-hybridized carbons (Fsp3) is 0.211. The summed E-state index contributed by atoms with van der Waals surface area (Å²) in [6.07, 6.45) is 1.40. The number of carbonyl (C=O) groups excluding carboxylic acids is 1. The van der Waals surface area contributed by atoms with E-state index < -0.39 is 17.5 Å². The number of aromatic nitrogens is 3. The summed E-state index contributed by atoms with van der Waals surface area (Å²) in [5, 5.41) is 4.66. The monoisotopic (exact) mass is 402 g/mol. The molecule has 0 aliphatic carbocycles. The van der Waals surface area contributed by atoms with Crippen LogP contribution < -0.4 is 4.90 Å². The second-order valence-corrected chi connectivity index (χ2v) is 7.32. The highest BCUT2D eigenvalue weighted by atomic mass is 32.1. The van der Waals surface area contributed by atoms with E-state index in [1.807, 2.05) is 19.9 Å². The van der Waals surface area contributed by atoms with Gasteiger partial charge in [-0.2, -0.15) is 5.10 Å². The van der Waals surface area contributed by atoms with Gasteiger partial charge in [-0.1, -0.05) is 11.3 Å². The molecule has 4 rings (SSSR count). The van der Waals surface area contributed by atoms with Crippen LogP contribution >= 0.6 is 11.3 Å². The van der Waals surface area contributed by atoms with Crippen molar-refractivity contribution in [3.63, 3.8) is 0 Å². The Balaban J connectivity index is 1.71. The molecule has 9 heteroatoms. The molecule has 3 heterocycles. The van der Waals surface area contributed by atoms with E-state index in [0.717, 1.165) is 28.8 Å². The third-order valence-corrected chi connectivity index (χ3v) is 5.27. The number of benzene rings is 1. The smallest absolute Gasteiger partial charge is 0.295 e. The number of nitrogens with zero attached hydrogens (tertiary/aromatic N) is 4. The molecule has 0 fully saturated rings. The number of anilines is 1. The van der Waals surface area contributed by atoms with Crippen molar-refractivity contribution in [3.05, 3.63) is 65.4 Å². The summed E-state index contributed by atoms with van der Waals surface area (Å²) in [4.78, 5) is 18.6. The van der Waals surface area contributed by atoms with Crippen LogP contribution in [0.4, 0.5) is 13.9 Å². The Labute approximate surface area is 163 Å². The van der Waals surface area contributed by atoms with Crippen LogP contribution in [0.5, 0.6) is 0 Å². The first-order chi connectivity index (χ1) is 13.4. The van der Waals surface area contributed by atoms with Crippen LogP contribution in [0.1, 0.15) is 21.9 Å². The molecular weight excluding hydrogens is 386 g/mol. The Morgan fingerprint density at radius 3 is 2.79 bits per heavy atom. The van der Waals surface area contributed by atoms with Crippen LogP contribution in [0.3, 0.4) is 0 Å². The standard InChI is InChI=1S/C19H16F2N4O2S/c1-11-8-12(2)25(23-11)6-5-24(18(26)15-4-3-7-27-15)19-22-17-14(21)9-13(20)10-16(17)28-19/h3-4,7-10H,5-6H2,1-2H3. The van der Waals surface area contributed by atoms with E-state index in [1.165, 1.54) is 17.2 Å². The van der Waals surface area contributed by atoms with Gasteiger partial charge in [0.25, 0.3) is 5.91 Å². The third-order valence-electron chi connectivity index (χ3n) is 4.25. The Bertz CT molecular complexity index is 1150. The molecule has 6 nitrogen and oxygen atoms in total. The molecule has 144 valence electrons. The van der Waals surface area contributed by atoms with Crippen molar-refractivity contribution in [1.82, 2.24) is 14.8 Å². The van der Waals surface area contributed by atoms with Gasteiger partial charge >= 0.3 is 0 Å². The molecule has 0 aliphatic heterocycles. The quantitative estimate of drug-likeness (QED) is 0.499. The summed E-state index contributed by atoms with van der Waals surface area (Å²) in [5.74, 6) is -1.72. The first-order valence-corrected chi connectivity index (χ1v) is 9.36. The van der Waals surface area contributed by atoms with Gasteiger partial charge in [0.1, 0.15) is 11.3 Å². The average molecular weight is 402 g/mol. The van der Waals surface area contributed by atoms with Crippen LogP contribution in [-0.2, 0) is 6.54 Å². The highest BCUT2D eigenvalue weighted by molar-refractivity contribution is 7.22. The van der Waals surface area contributed by atoms with Gasteiger partial charge in [-0.15, -0.1) is 0 Å². The van der Waals surface area contributed by atoms with Gasteiger partial charge in [0.05, 0.1) is 23.2 Å². The molecule has 28 heavy (non-hydrogen) atoms. The van der Waals surface area contributed by atoms with Gasteiger partial charge in [-0.05, 0) is 38.1 Å². The van der Waals surface area contributed by atoms with Crippen LogP contribution in [0.15, 0.2) is 41.0 Å². The molecule has 1 aromatic carbocycles. The summed E-state index contributed by atoms with van der Waals surface area (Å²) >= 11 is 1.05. The average Bonchev–Trinajstić information content (AvgIpc) is 3.35. The summed E-state index contributed by atoms with van der Waals surface area (Å²) in [7, 11) is 0. The van der Waals surface area contributed by atoms with E-state index >= 15 is 0 Å². The number of carbonyl (C=O) groups is 1. The zero-order valence-corrected chi connectivity index (χ0v) is 16.0. The first-order valence-electron chi connectivity index (χ1n) is 8.54. The highest BCUT2D eigenvalue weighted by Gasteiger charge is 2.24. The molecule has 0 aliphatic rings. The van der Waals surface area contributed by atoms with E-state index in [-0.39, 0.29) is 23.0 Å². The Morgan fingerprint density at radius 2 is 2.11 bits per heavy atom. The molecule has 0 radical (unpaired) electrons. The molecule has 0 unspecified atom stereocenters. The van der Waals surface area contributed by atoms with E-state index in [1.54, 1.807) is 16.8 Å². The minimum atomic E-state index is -0.763. The maximum absolute atomic E-state index is 14.1. The fourth-order valence-corrected chi connectivity index (χ4v) is 4.00. The molecule has 4 aromatic rings. The van der Waals surface area contributed by atoms with Crippen LogP contribution in [0.2, 0.25) is 0 Å². The Hall–Kier alpha value is -3.07. The van der Waals surface area contributed by atoms with Crippen LogP contribution in [0, 0.1) is 25.5 Å². The van der Waals surface area contributed by atoms with Gasteiger partial charge in [0.15, 0.2) is 16.7 Å². The molecule has 0 saturated carbocycles. The molecule has 3 aromatic heterocycles. The second-order valence-electron chi connectivity index (χ2n) is 6.32. The number of thiazole rings is 1. The minimum absolute atomic E-state index is 0.0322. The highest BCUT2D eigenvalue weighted by Crippen LogP contribution is 2.32. The topological polar surface area (TPSA) is 64.2 Å². The lowest BCUT2D eigenvalue weighted by atomic mass is 10.3. The van der Waals surface area contributed by atoms with Crippen molar-refractivity contribution >= 4 is 32.6 Å². The van der Waals surface area contributed by atoms with Gasteiger partial charge in [0.2, 0.25) is 0 Å². The number of aryl methyl sites for hydroxylation is 2. The van der Waals surface area contributed by atoms with Gasteiger partial charge in [-0.3, -0.25) is 14.4 Å². The molecule has 1 amide bonds. The summed E-state index contributed by atoms with van der Waals surface area (Å²) in [6, 6.07) is 7.08. The lowest BCUT2D eigenvalue weighted by molar-refractivity contribution is 0.0959. The van der Waals surface area contributed by atoms with Crippen molar-refractivity contribution in [3.8, 4) is 0 Å². The normalized spacial score (nSPS) is 11.3. The van der Waals surface area contributed by atoms with E-state index in [4.69, 9.17) is 4.42 Å². The number of hydrogen-bond acceptors (Lipinski definition) is 5. The van der Waals surface area contributed by atoms with Gasteiger partial charge in [-0.25, -0.2) is 13.8 Å². The van der Waals surface area contributed by atoms with Crippen molar-refractivity contribution in [1.29, 1.82) is 0 Å². The number of hydrogen-bond donors (Lipinski definition) is 0. The fourth-order valence-electron chi connectivity index (χ4n) is 2.97. The number of halogens is 2. The van der Waals surface area contributed by atoms with Crippen LogP contribution in [0.25, 0.3) is 10.2 Å². The number of amides is 1. The largest absolute Gasteiger partial charge is 0.459 e. The molecule has 0 atom stereocenters. The minimum Gasteiger partial charge on any atom is -0.459 e.